The molecule has 0 spiro atoms. The Kier molecular flexibility index (Phi) is 5.72. The SMILES string of the molecule is CC(C)COCCOC(=O)c1ccc(CN)o1. The van der Waals surface area contributed by atoms with Gasteiger partial charge in [-0.25, -0.2) is 4.79 Å². The Balaban J connectivity index is 2.21. The monoisotopic (exact) mass is 241 g/mol. The lowest BCUT2D eigenvalue weighted by molar-refractivity contribution is 0.0249. The lowest BCUT2D eigenvalue weighted by atomic mass is 10.2. The maximum atomic E-state index is 11.5. The van der Waals surface area contributed by atoms with Gasteiger partial charge in [0.25, 0.3) is 0 Å². The zero-order valence-electron chi connectivity index (χ0n) is 10.3. The molecule has 0 saturated carbocycles. The highest BCUT2D eigenvalue weighted by atomic mass is 16.6. The average molecular weight is 241 g/mol. The second-order valence-electron chi connectivity index (χ2n) is 4.07. The summed E-state index contributed by atoms with van der Waals surface area (Å²) in [5.74, 6) is 0.725. The molecule has 0 bridgehead atoms. The Hall–Kier alpha value is -1.33. The molecule has 0 unspecified atom stereocenters. The second-order valence-corrected chi connectivity index (χ2v) is 4.07. The Morgan fingerprint density at radius 2 is 2.18 bits per heavy atom. The van der Waals surface area contributed by atoms with Crippen LogP contribution in [0.2, 0.25) is 0 Å². The molecule has 0 radical (unpaired) electrons. The van der Waals surface area contributed by atoms with E-state index in [0.717, 1.165) is 0 Å². The summed E-state index contributed by atoms with van der Waals surface area (Å²) < 4.78 is 15.4. The van der Waals surface area contributed by atoms with Gasteiger partial charge in [-0.15, -0.1) is 0 Å². The fourth-order valence-corrected chi connectivity index (χ4v) is 1.18. The highest BCUT2D eigenvalue weighted by Gasteiger charge is 2.11. The number of carbonyl (C=O) groups is 1. The third-order valence-electron chi connectivity index (χ3n) is 1.98. The standard InChI is InChI=1S/C12H19NO4/c1-9(2)8-15-5-6-16-12(14)11-4-3-10(7-13)17-11/h3-4,9H,5-8,13H2,1-2H3. The van der Waals surface area contributed by atoms with Gasteiger partial charge in [-0.2, -0.15) is 0 Å². The summed E-state index contributed by atoms with van der Waals surface area (Å²) in [7, 11) is 0. The van der Waals surface area contributed by atoms with Crippen LogP contribution in [-0.2, 0) is 16.0 Å². The highest BCUT2D eigenvalue weighted by Crippen LogP contribution is 2.08. The topological polar surface area (TPSA) is 74.7 Å². The van der Waals surface area contributed by atoms with Gasteiger partial charge in [-0.1, -0.05) is 13.8 Å². The van der Waals surface area contributed by atoms with E-state index in [1.165, 1.54) is 0 Å². The molecule has 0 amide bonds. The number of nitrogens with two attached hydrogens (primary N) is 1. The van der Waals surface area contributed by atoms with Gasteiger partial charge >= 0.3 is 5.97 Å². The van der Waals surface area contributed by atoms with Gasteiger partial charge in [0.05, 0.1) is 13.2 Å². The summed E-state index contributed by atoms with van der Waals surface area (Å²) in [5.41, 5.74) is 5.37. The predicted molar refractivity (Wildman–Crippen MR) is 62.5 cm³/mol. The van der Waals surface area contributed by atoms with Crippen molar-refractivity contribution in [3.63, 3.8) is 0 Å². The summed E-state index contributed by atoms with van der Waals surface area (Å²) in [5, 5.41) is 0. The maximum Gasteiger partial charge on any atom is 0.374 e. The van der Waals surface area contributed by atoms with Gasteiger partial charge < -0.3 is 19.6 Å². The van der Waals surface area contributed by atoms with Crippen LogP contribution in [0, 0.1) is 5.92 Å². The number of carbonyl (C=O) groups excluding carboxylic acids is 1. The molecule has 0 aromatic carbocycles. The van der Waals surface area contributed by atoms with E-state index in [1.807, 2.05) is 0 Å². The van der Waals surface area contributed by atoms with Crippen LogP contribution < -0.4 is 5.73 Å². The van der Waals surface area contributed by atoms with E-state index in [-0.39, 0.29) is 18.9 Å². The number of rotatable bonds is 7. The number of furan rings is 1. The van der Waals surface area contributed by atoms with Crippen molar-refractivity contribution < 1.29 is 18.7 Å². The van der Waals surface area contributed by atoms with Gasteiger partial charge in [-0.3, -0.25) is 0 Å². The van der Waals surface area contributed by atoms with Crippen LogP contribution in [0.5, 0.6) is 0 Å². The minimum absolute atomic E-state index is 0.175. The van der Waals surface area contributed by atoms with Crippen molar-refractivity contribution in [1.29, 1.82) is 0 Å². The summed E-state index contributed by atoms with van der Waals surface area (Å²) >= 11 is 0. The van der Waals surface area contributed by atoms with E-state index >= 15 is 0 Å². The average Bonchev–Trinajstić information content (AvgIpc) is 2.76. The predicted octanol–water partition coefficient (Wildman–Crippen LogP) is 1.57. The summed E-state index contributed by atoms with van der Waals surface area (Å²) in [6.45, 7) is 5.67. The Labute approximate surface area is 101 Å². The first-order chi connectivity index (χ1) is 8.13. The molecule has 1 aromatic rings. The Morgan fingerprint density at radius 3 is 2.76 bits per heavy atom. The molecule has 0 aliphatic carbocycles. The van der Waals surface area contributed by atoms with E-state index in [4.69, 9.17) is 19.6 Å². The Morgan fingerprint density at radius 1 is 1.41 bits per heavy atom. The zero-order valence-corrected chi connectivity index (χ0v) is 10.3. The van der Waals surface area contributed by atoms with Gasteiger partial charge in [0.2, 0.25) is 5.76 Å². The molecule has 1 aromatic heterocycles. The molecule has 0 aliphatic rings. The van der Waals surface area contributed by atoms with Crippen molar-refractivity contribution in [2.24, 2.45) is 11.7 Å². The number of ether oxygens (including phenoxy) is 2. The van der Waals surface area contributed by atoms with Gasteiger partial charge in [0.1, 0.15) is 12.4 Å². The van der Waals surface area contributed by atoms with Crippen molar-refractivity contribution in [2.75, 3.05) is 19.8 Å². The molecule has 0 atom stereocenters. The molecule has 96 valence electrons. The number of hydrogen-bond donors (Lipinski definition) is 1. The van der Waals surface area contributed by atoms with Crippen LogP contribution >= 0.6 is 0 Å². The van der Waals surface area contributed by atoms with Crippen molar-refractivity contribution >= 4 is 5.97 Å². The molecule has 1 rings (SSSR count). The van der Waals surface area contributed by atoms with Crippen LogP contribution in [0.25, 0.3) is 0 Å². The summed E-state index contributed by atoms with van der Waals surface area (Å²) in [4.78, 5) is 11.5. The highest BCUT2D eigenvalue weighted by molar-refractivity contribution is 5.86. The fourth-order valence-electron chi connectivity index (χ4n) is 1.18. The first kappa shape index (κ1) is 13.7. The van der Waals surface area contributed by atoms with Crippen molar-refractivity contribution in [3.8, 4) is 0 Å². The van der Waals surface area contributed by atoms with E-state index in [2.05, 4.69) is 13.8 Å². The van der Waals surface area contributed by atoms with Crippen LogP contribution in [0.4, 0.5) is 0 Å². The van der Waals surface area contributed by atoms with E-state index in [9.17, 15) is 4.79 Å². The third kappa shape index (κ3) is 5.01. The molecule has 1 heterocycles. The molecule has 2 N–H and O–H groups in total. The maximum absolute atomic E-state index is 11.5. The second kappa shape index (κ2) is 7.09. The zero-order chi connectivity index (χ0) is 12.7. The third-order valence-corrected chi connectivity index (χ3v) is 1.98. The van der Waals surface area contributed by atoms with Crippen LogP contribution in [0.1, 0.15) is 30.2 Å². The summed E-state index contributed by atoms with van der Waals surface area (Å²) in [6, 6.07) is 3.21. The molecule has 0 aliphatic heterocycles. The summed E-state index contributed by atoms with van der Waals surface area (Å²) in [6.07, 6.45) is 0. The quantitative estimate of drug-likeness (QED) is 0.579. The minimum atomic E-state index is -0.488. The van der Waals surface area contributed by atoms with Crippen LogP contribution in [0.15, 0.2) is 16.5 Å². The Bertz CT molecular complexity index is 346. The van der Waals surface area contributed by atoms with Crippen LogP contribution in [-0.4, -0.2) is 25.8 Å². The molecule has 0 saturated heterocycles. The lowest BCUT2D eigenvalue weighted by Gasteiger charge is -2.06. The number of hydrogen-bond acceptors (Lipinski definition) is 5. The van der Waals surface area contributed by atoms with Crippen molar-refractivity contribution in [2.45, 2.75) is 20.4 Å². The fraction of sp³-hybridized carbons (Fsp3) is 0.583. The molecule has 5 heteroatoms. The van der Waals surface area contributed by atoms with E-state index in [0.29, 0.717) is 24.9 Å². The minimum Gasteiger partial charge on any atom is -0.457 e. The van der Waals surface area contributed by atoms with Crippen molar-refractivity contribution in [3.05, 3.63) is 23.7 Å². The van der Waals surface area contributed by atoms with E-state index < -0.39 is 5.97 Å². The molecule has 5 nitrogen and oxygen atoms in total. The van der Waals surface area contributed by atoms with Crippen molar-refractivity contribution in [1.82, 2.24) is 0 Å². The molecule has 0 fully saturated rings. The van der Waals surface area contributed by atoms with Gasteiger partial charge in [-0.05, 0) is 18.1 Å². The molecular weight excluding hydrogens is 222 g/mol. The number of esters is 1. The first-order valence-corrected chi connectivity index (χ1v) is 5.67. The van der Waals surface area contributed by atoms with Gasteiger partial charge in [0, 0.05) is 6.61 Å². The van der Waals surface area contributed by atoms with Gasteiger partial charge in [0.15, 0.2) is 0 Å². The molecule has 17 heavy (non-hydrogen) atoms. The normalized spacial score (nSPS) is 10.8. The largest absolute Gasteiger partial charge is 0.457 e. The lowest BCUT2D eigenvalue weighted by Crippen LogP contribution is -2.12. The first-order valence-electron chi connectivity index (χ1n) is 5.67. The molecular formula is C12H19NO4. The van der Waals surface area contributed by atoms with Crippen LogP contribution in [0.3, 0.4) is 0 Å². The smallest absolute Gasteiger partial charge is 0.374 e. The van der Waals surface area contributed by atoms with E-state index in [1.54, 1.807) is 12.1 Å².